The van der Waals surface area contributed by atoms with E-state index in [-0.39, 0.29) is 16.5 Å². The van der Waals surface area contributed by atoms with E-state index in [0.29, 0.717) is 0 Å². The summed E-state index contributed by atoms with van der Waals surface area (Å²) < 4.78 is 27.2. The van der Waals surface area contributed by atoms with Crippen molar-refractivity contribution in [2.45, 2.75) is 24.4 Å². The lowest BCUT2D eigenvalue weighted by Crippen LogP contribution is -2.59. The third-order valence-electron chi connectivity index (χ3n) is 2.99. The number of amides is 2. The van der Waals surface area contributed by atoms with E-state index in [1.54, 1.807) is 6.92 Å². The van der Waals surface area contributed by atoms with Crippen LogP contribution in [0.25, 0.3) is 0 Å². The van der Waals surface area contributed by atoms with Crippen molar-refractivity contribution in [3.05, 3.63) is 11.2 Å². The van der Waals surface area contributed by atoms with Crippen molar-refractivity contribution in [2.24, 2.45) is 7.05 Å². The van der Waals surface area contributed by atoms with Crippen molar-refractivity contribution in [3.8, 4) is 0 Å². The summed E-state index contributed by atoms with van der Waals surface area (Å²) in [5.74, 6) is -1.30. The van der Waals surface area contributed by atoms with Gasteiger partial charge in [0.2, 0.25) is 11.8 Å². The number of carbonyl (C=O) groups is 2. The number of carbonyl (C=O) groups excluding carboxylic acids is 2. The third kappa shape index (κ3) is 2.32. The Balaban J connectivity index is 2.52. The van der Waals surface area contributed by atoms with E-state index in [2.05, 4.69) is 10.4 Å². The molecule has 1 aliphatic rings. The van der Waals surface area contributed by atoms with Gasteiger partial charge in [0.25, 0.3) is 10.0 Å². The van der Waals surface area contributed by atoms with Crippen LogP contribution in [0.4, 0.5) is 0 Å². The van der Waals surface area contributed by atoms with Crippen molar-refractivity contribution >= 4 is 33.4 Å². The first-order valence-electron chi connectivity index (χ1n) is 5.82. The maximum Gasteiger partial charge on any atom is 0.262 e. The van der Waals surface area contributed by atoms with E-state index in [1.807, 2.05) is 0 Å². The van der Waals surface area contributed by atoms with Crippen LogP contribution in [0, 0.1) is 0 Å². The molecule has 0 spiro atoms. The van der Waals surface area contributed by atoms with Gasteiger partial charge < -0.3 is 0 Å². The molecule has 10 heteroatoms. The Morgan fingerprint density at radius 2 is 2.15 bits per heavy atom. The van der Waals surface area contributed by atoms with Gasteiger partial charge in [-0.25, -0.2) is 8.42 Å². The zero-order valence-electron chi connectivity index (χ0n) is 10.8. The predicted molar refractivity (Wildman–Crippen MR) is 69.3 cm³/mol. The largest absolute Gasteiger partial charge is 0.294 e. The average molecular weight is 321 g/mol. The molecule has 0 saturated carbocycles. The molecule has 1 aromatic rings. The molecule has 110 valence electrons. The van der Waals surface area contributed by atoms with Gasteiger partial charge in [-0.05, 0) is 6.42 Å². The monoisotopic (exact) mass is 320 g/mol. The molecule has 1 saturated heterocycles. The fourth-order valence-electron chi connectivity index (χ4n) is 2.09. The van der Waals surface area contributed by atoms with E-state index in [4.69, 9.17) is 11.6 Å². The molecule has 1 unspecified atom stereocenters. The van der Waals surface area contributed by atoms with Crippen LogP contribution in [0.15, 0.2) is 11.2 Å². The van der Waals surface area contributed by atoms with Crippen molar-refractivity contribution in [1.82, 2.24) is 19.4 Å². The zero-order valence-corrected chi connectivity index (χ0v) is 12.4. The third-order valence-corrected chi connectivity index (χ3v) is 5.36. The van der Waals surface area contributed by atoms with Crippen LogP contribution in [0.1, 0.15) is 13.3 Å². The highest BCUT2D eigenvalue weighted by molar-refractivity contribution is 7.89. The summed E-state index contributed by atoms with van der Waals surface area (Å²) in [5.41, 5.74) is 0. The Morgan fingerprint density at radius 3 is 2.65 bits per heavy atom. The molecule has 0 aromatic carbocycles. The molecule has 1 aliphatic heterocycles. The number of nitrogens with one attached hydrogen (secondary N) is 1. The molecular formula is C10H13ClN4O4S. The van der Waals surface area contributed by atoms with Gasteiger partial charge in [0.1, 0.15) is 6.04 Å². The molecule has 1 N–H and O–H groups in total. The van der Waals surface area contributed by atoms with E-state index in [1.165, 1.54) is 13.2 Å². The van der Waals surface area contributed by atoms with Crippen LogP contribution in [0.5, 0.6) is 0 Å². The first kappa shape index (κ1) is 14.9. The minimum Gasteiger partial charge on any atom is -0.294 e. The quantitative estimate of drug-likeness (QED) is 0.756. The van der Waals surface area contributed by atoms with Gasteiger partial charge >= 0.3 is 0 Å². The molecule has 0 aliphatic carbocycles. The summed E-state index contributed by atoms with van der Waals surface area (Å²) in [4.78, 5) is 23.2. The highest BCUT2D eigenvalue weighted by atomic mass is 35.5. The number of aromatic nitrogens is 2. The van der Waals surface area contributed by atoms with Crippen LogP contribution in [0.2, 0.25) is 5.02 Å². The van der Waals surface area contributed by atoms with Crippen LogP contribution in [-0.4, -0.2) is 46.9 Å². The Labute approximate surface area is 120 Å². The summed E-state index contributed by atoms with van der Waals surface area (Å²) >= 11 is 5.84. The lowest BCUT2D eigenvalue weighted by atomic mass is 10.2. The normalized spacial score (nSPS) is 21.1. The van der Waals surface area contributed by atoms with Crippen LogP contribution < -0.4 is 5.32 Å². The van der Waals surface area contributed by atoms with Crippen molar-refractivity contribution < 1.29 is 18.0 Å². The van der Waals surface area contributed by atoms with Crippen LogP contribution >= 0.6 is 11.6 Å². The van der Waals surface area contributed by atoms with Gasteiger partial charge in [-0.15, -0.1) is 0 Å². The van der Waals surface area contributed by atoms with Crippen molar-refractivity contribution in [1.29, 1.82) is 0 Å². The maximum atomic E-state index is 12.6. The highest BCUT2D eigenvalue weighted by Gasteiger charge is 2.42. The summed E-state index contributed by atoms with van der Waals surface area (Å²) in [6, 6.07) is -0.941. The van der Waals surface area contributed by atoms with Gasteiger partial charge in [-0.3, -0.25) is 19.6 Å². The molecule has 2 rings (SSSR count). The maximum absolute atomic E-state index is 12.6. The molecule has 0 radical (unpaired) electrons. The number of halogens is 1. The van der Waals surface area contributed by atoms with Crippen LogP contribution in [-0.2, 0) is 26.7 Å². The molecular weight excluding hydrogens is 308 g/mol. The average Bonchev–Trinajstić information content (AvgIpc) is 2.68. The Hall–Kier alpha value is -1.45. The minimum absolute atomic E-state index is 0.0548. The van der Waals surface area contributed by atoms with Gasteiger partial charge in [0, 0.05) is 7.05 Å². The smallest absolute Gasteiger partial charge is 0.262 e. The highest BCUT2D eigenvalue weighted by Crippen LogP contribution is 2.26. The summed E-state index contributed by atoms with van der Waals surface area (Å²) in [6.07, 6.45) is 1.44. The van der Waals surface area contributed by atoms with Crippen molar-refractivity contribution in [2.75, 3.05) is 6.54 Å². The molecule has 1 fully saturated rings. The summed E-state index contributed by atoms with van der Waals surface area (Å²) in [6.45, 7) is 1.24. The number of hydrogen-bond acceptors (Lipinski definition) is 5. The van der Waals surface area contributed by atoms with E-state index in [9.17, 15) is 18.0 Å². The number of sulfonamides is 1. The number of aryl methyl sites for hydroxylation is 1. The molecule has 1 atom stereocenters. The fourth-order valence-corrected chi connectivity index (χ4v) is 4.31. The Morgan fingerprint density at radius 1 is 1.50 bits per heavy atom. The van der Waals surface area contributed by atoms with E-state index in [0.717, 1.165) is 8.99 Å². The lowest BCUT2D eigenvalue weighted by molar-refractivity contribution is -0.137. The number of nitrogens with zero attached hydrogens (tertiary/aromatic N) is 3. The molecule has 20 heavy (non-hydrogen) atoms. The second-order valence-electron chi connectivity index (χ2n) is 4.31. The number of imide groups is 1. The number of rotatable bonds is 3. The fraction of sp³-hybridized carbons (Fsp3) is 0.500. The number of piperazine rings is 1. The predicted octanol–water partition coefficient (Wildman–Crippen LogP) is -0.501. The molecule has 2 heterocycles. The molecule has 0 bridgehead atoms. The van der Waals surface area contributed by atoms with Crippen molar-refractivity contribution in [3.63, 3.8) is 0 Å². The lowest BCUT2D eigenvalue weighted by Gasteiger charge is -2.32. The molecule has 1 aromatic heterocycles. The minimum atomic E-state index is -4.09. The van der Waals surface area contributed by atoms with E-state index >= 15 is 0 Å². The van der Waals surface area contributed by atoms with Gasteiger partial charge in [0.15, 0.2) is 5.03 Å². The Bertz CT molecular complexity index is 649. The molecule has 2 amide bonds. The second-order valence-corrected chi connectivity index (χ2v) is 6.52. The number of hydrogen-bond donors (Lipinski definition) is 1. The summed E-state index contributed by atoms with van der Waals surface area (Å²) in [5, 5.41) is 5.59. The van der Waals surface area contributed by atoms with Gasteiger partial charge in [-0.1, -0.05) is 18.5 Å². The topological polar surface area (TPSA) is 101 Å². The zero-order chi connectivity index (χ0) is 15.1. The molecule has 8 nitrogen and oxygen atoms in total. The Kier molecular flexibility index (Phi) is 3.85. The first-order valence-corrected chi connectivity index (χ1v) is 7.63. The second kappa shape index (κ2) is 5.15. The SMILES string of the molecule is CCC1C(=O)NC(=O)CN1S(=O)(=O)c1c(Cl)cnn1C. The summed E-state index contributed by atoms with van der Waals surface area (Å²) in [7, 11) is -2.66. The van der Waals surface area contributed by atoms with Gasteiger partial charge in [0.05, 0.1) is 17.8 Å². The van der Waals surface area contributed by atoms with Gasteiger partial charge in [-0.2, -0.15) is 9.40 Å². The standard InChI is InChI=1S/C10H13ClN4O4S/c1-3-7-9(17)13-8(16)5-15(7)20(18,19)10-6(11)4-12-14(10)2/h4,7H,3,5H2,1-2H3,(H,13,16,17). The first-order chi connectivity index (χ1) is 9.28. The van der Waals surface area contributed by atoms with E-state index < -0.39 is 34.4 Å². The van der Waals surface area contributed by atoms with Crippen LogP contribution in [0.3, 0.4) is 0 Å².